The predicted octanol–water partition coefficient (Wildman–Crippen LogP) is 2.80. The van der Waals surface area contributed by atoms with Gasteiger partial charge in [-0.1, -0.05) is 42.5 Å². The van der Waals surface area contributed by atoms with Crippen molar-refractivity contribution in [2.45, 2.75) is 45.7 Å². The molecule has 0 saturated heterocycles. The molecule has 4 heteroatoms. The maximum Gasteiger partial charge on any atom is 0.245 e. The topological polar surface area (TPSA) is 58.2 Å². The van der Waals surface area contributed by atoms with Crippen LogP contribution in [-0.4, -0.2) is 23.4 Å². The van der Waals surface area contributed by atoms with Crippen LogP contribution in [0.1, 0.15) is 33.3 Å². The van der Waals surface area contributed by atoms with E-state index in [1.807, 2.05) is 19.1 Å². The molecule has 23 heavy (non-hydrogen) atoms. The fourth-order valence-electron chi connectivity index (χ4n) is 2.67. The van der Waals surface area contributed by atoms with Crippen LogP contribution in [0.4, 0.5) is 0 Å². The molecule has 0 aromatic heterocycles. The van der Waals surface area contributed by atoms with E-state index in [1.54, 1.807) is 13.8 Å². The molecule has 2 rings (SSSR count). The van der Waals surface area contributed by atoms with Gasteiger partial charge >= 0.3 is 0 Å². The average molecular weight is 312 g/mol. The smallest absolute Gasteiger partial charge is 0.245 e. The molecule has 0 aliphatic carbocycles. The van der Waals surface area contributed by atoms with E-state index in [1.165, 1.54) is 23.3 Å². The number of carbonyl (C=O) groups is 2. The summed E-state index contributed by atoms with van der Waals surface area (Å²) in [7, 11) is 0. The van der Waals surface area contributed by atoms with Crippen molar-refractivity contribution in [2.24, 2.45) is 0 Å². The number of amides is 2. The van der Waals surface area contributed by atoms with Crippen LogP contribution < -0.4 is 10.6 Å². The van der Waals surface area contributed by atoms with Crippen molar-refractivity contribution in [1.82, 2.24) is 10.6 Å². The summed E-state index contributed by atoms with van der Waals surface area (Å²) in [6, 6.07) is 14.5. The summed E-state index contributed by atoms with van der Waals surface area (Å²) in [4.78, 5) is 23.5. The van der Waals surface area contributed by atoms with E-state index in [-0.39, 0.29) is 17.9 Å². The highest BCUT2D eigenvalue weighted by Crippen LogP contribution is 2.16. The first-order chi connectivity index (χ1) is 10.8. The predicted molar refractivity (Wildman–Crippen MR) is 93.2 cm³/mol. The van der Waals surface area contributed by atoms with E-state index in [9.17, 15) is 9.59 Å². The van der Waals surface area contributed by atoms with Gasteiger partial charge in [0.05, 0.1) is 0 Å². The van der Waals surface area contributed by atoms with Gasteiger partial charge in [0.25, 0.3) is 0 Å². The quantitative estimate of drug-likeness (QED) is 0.892. The van der Waals surface area contributed by atoms with E-state index in [2.05, 4.69) is 41.0 Å². The molecular weight excluding hydrogens is 288 g/mol. The summed E-state index contributed by atoms with van der Waals surface area (Å²) < 4.78 is 0. The van der Waals surface area contributed by atoms with Crippen LogP contribution in [0.5, 0.6) is 0 Å². The van der Waals surface area contributed by atoms with Crippen molar-refractivity contribution >= 4 is 22.6 Å². The zero-order chi connectivity index (χ0) is 17.0. The monoisotopic (exact) mass is 312 g/mol. The standard InChI is InChI=1S/C19H24N2O2/c1-13(20-18(23)19(3,4)21-14(2)22)11-15-9-10-16-7-5-6-8-17(16)12-15/h5-10,12-13H,11H2,1-4H3,(H,20,23)(H,21,22)/t13-/m0/s1. The van der Waals surface area contributed by atoms with Crippen molar-refractivity contribution in [3.63, 3.8) is 0 Å². The van der Waals surface area contributed by atoms with E-state index in [0.717, 1.165) is 6.42 Å². The molecule has 0 heterocycles. The SMILES string of the molecule is CC(=O)NC(C)(C)C(=O)N[C@@H](C)Cc1ccc2ccccc2c1. The highest BCUT2D eigenvalue weighted by Gasteiger charge is 2.29. The largest absolute Gasteiger partial charge is 0.351 e. The Balaban J connectivity index is 2.01. The van der Waals surface area contributed by atoms with Gasteiger partial charge in [-0.15, -0.1) is 0 Å². The molecule has 0 spiro atoms. The summed E-state index contributed by atoms with van der Waals surface area (Å²) in [5, 5.41) is 8.03. The van der Waals surface area contributed by atoms with Crippen LogP contribution in [0.25, 0.3) is 10.8 Å². The number of carbonyl (C=O) groups excluding carboxylic acids is 2. The highest BCUT2D eigenvalue weighted by atomic mass is 16.2. The molecule has 2 N–H and O–H groups in total. The Morgan fingerprint density at radius 2 is 1.74 bits per heavy atom. The molecule has 0 fully saturated rings. The zero-order valence-corrected chi connectivity index (χ0v) is 14.1. The molecule has 4 nitrogen and oxygen atoms in total. The molecule has 2 aromatic carbocycles. The lowest BCUT2D eigenvalue weighted by Crippen LogP contribution is -2.56. The fraction of sp³-hybridized carbons (Fsp3) is 0.368. The number of hydrogen-bond donors (Lipinski definition) is 2. The van der Waals surface area contributed by atoms with Crippen molar-refractivity contribution in [3.8, 4) is 0 Å². The van der Waals surface area contributed by atoms with E-state index in [4.69, 9.17) is 0 Å². The Labute approximate surface area is 137 Å². The second-order valence-corrected chi connectivity index (χ2v) is 6.57. The molecule has 0 unspecified atom stereocenters. The molecule has 0 radical (unpaired) electrons. The van der Waals surface area contributed by atoms with Crippen LogP contribution >= 0.6 is 0 Å². The third-order valence-corrected chi connectivity index (χ3v) is 3.79. The first-order valence-electron chi connectivity index (χ1n) is 7.85. The number of benzene rings is 2. The Bertz CT molecular complexity index is 722. The highest BCUT2D eigenvalue weighted by molar-refractivity contribution is 5.90. The Morgan fingerprint density at radius 1 is 1.09 bits per heavy atom. The van der Waals surface area contributed by atoms with Gasteiger partial charge < -0.3 is 10.6 Å². The van der Waals surface area contributed by atoms with Gasteiger partial charge in [0, 0.05) is 13.0 Å². The van der Waals surface area contributed by atoms with Crippen LogP contribution in [0.2, 0.25) is 0 Å². The second-order valence-electron chi connectivity index (χ2n) is 6.57. The van der Waals surface area contributed by atoms with E-state index >= 15 is 0 Å². The fourth-order valence-corrected chi connectivity index (χ4v) is 2.67. The summed E-state index contributed by atoms with van der Waals surface area (Å²) in [6.45, 7) is 6.78. The van der Waals surface area contributed by atoms with E-state index < -0.39 is 5.54 Å². The minimum Gasteiger partial charge on any atom is -0.351 e. The maximum absolute atomic E-state index is 12.3. The molecule has 2 aromatic rings. The average Bonchev–Trinajstić information content (AvgIpc) is 2.45. The lowest BCUT2D eigenvalue weighted by molar-refractivity contribution is -0.131. The normalized spacial score (nSPS) is 12.7. The lowest BCUT2D eigenvalue weighted by Gasteiger charge is -2.26. The Kier molecular flexibility index (Phi) is 5.04. The minimum atomic E-state index is -0.913. The third-order valence-electron chi connectivity index (χ3n) is 3.79. The van der Waals surface area contributed by atoms with E-state index in [0.29, 0.717) is 0 Å². The van der Waals surface area contributed by atoms with Crippen molar-refractivity contribution in [2.75, 3.05) is 0 Å². The summed E-state index contributed by atoms with van der Waals surface area (Å²) >= 11 is 0. The maximum atomic E-state index is 12.3. The van der Waals surface area contributed by atoms with Crippen molar-refractivity contribution in [1.29, 1.82) is 0 Å². The number of hydrogen-bond acceptors (Lipinski definition) is 2. The first kappa shape index (κ1) is 17.0. The van der Waals surface area contributed by atoms with Gasteiger partial charge in [0.15, 0.2) is 0 Å². The Morgan fingerprint density at radius 3 is 2.39 bits per heavy atom. The van der Waals surface area contributed by atoms with Gasteiger partial charge in [-0.3, -0.25) is 9.59 Å². The van der Waals surface area contributed by atoms with Crippen LogP contribution in [-0.2, 0) is 16.0 Å². The molecule has 0 aliphatic rings. The second kappa shape index (κ2) is 6.82. The summed E-state index contributed by atoms with van der Waals surface area (Å²) in [5.74, 6) is -0.395. The summed E-state index contributed by atoms with van der Waals surface area (Å²) in [5.41, 5.74) is 0.262. The van der Waals surface area contributed by atoms with Gasteiger partial charge in [-0.25, -0.2) is 0 Å². The molecule has 0 saturated carbocycles. The van der Waals surface area contributed by atoms with Crippen LogP contribution in [0, 0.1) is 0 Å². The first-order valence-corrected chi connectivity index (χ1v) is 7.85. The van der Waals surface area contributed by atoms with Crippen LogP contribution in [0.15, 0.2) is 42.5 Å². The van der Waals surface area contributed by atoms with Crippen molar-refractivity contribution < 1.29 is 9.59 Å². The molecule has 2 amide bonds. The number of rotatable bonds is 5. The number of fused-ring (bicyclic) bond motifs is 1. The van der Waals surface area contributed by atoms with Gasteiger partial charge in [-0.05, 0) is 43.5 Å². The molecule has 1 atom stereocenters. The molecular formula is C19H24N2O2. The van der Waals surface area contributed by atoms with Gasteiger partial charge in [0.1, 0.15) is 5.54 Å². The van der Waals surface area contributed by atoms with Gasteiger partial charge in [-0.2, -0.15) is 0 Å². The molecule has 122 valence electrons. The number of nitrogens with one attached hydrogen (secondary N) is 2. The third kappa shape index (κ3) is 4.55. The summed E-state index contributed by atoms with van der Waals surface area (Å²) in [6.07, 6.45) is 0.743. The molecule has 0 bridgehead atoms. The molecule has 0 aliphatic heterocycles. The minimum absolute atomic E-state index is 0.0169. The van der Waals surface area contributed by atoms with Crippen LogP contribution in [0.3, 0.4) is 0 Å². The zero-order valence-electron chi connectivity index (χ0n) is 14.1. The Hall–Kier alpha value is -2.36. The van der Waals surface area contributed by atoms with Crippen molar-refractivity contribution in [3.05, 3.63) is 48.0 Å². The van der Waals surface area contributed by atoms with Gasteiger partial charge in [0.2, 0.25) is 11.8 Å². The lowest BCUT2D eigenvalue weighted by atomic mass is 10.0.